The van der Waals surface area contributed by atoms with Crippen molar-refractivity contribution >= 4 is 33.1 Å². The molecule has 0 N–H and O–H groups in total. The normalized spacial score (nSPS) is 28.2. The van der Waals surface area contributed by atoms with Gasteiger partial charge >= 0.3 is 0 Å². The quantitative estimate of drug-likeness (QED) is 0.683. The molecule has 14 heavy (non-hydrogen) atoms. The molecule has 2 rings (SSSR count). The monoisotopic (exact) mass is 260 g/mol. The van der Waals surface area contributed by atoms with E-state index in [9.17, 15) is 0 Å². The zero-order valence-corrected chi connectivity index (χ0v) is 12.5. The molecule has 0 aromatic heterocycles. The second-order valence-corrected chi connectivity index (χ2v) is 13.4. The zero-order chi connectivity index (χ0) is 10.1. The smallest absolute Gasteiger partial charge is 0.0146 e. The van der Waals surface area contributed by atoms with Crippen molar-refractivity contribution in [2.45, 2.75) is 19.0 Å². The van der Waals surface area contributed by atoms with Crippen LogP contribution in [0.4, 0.5) is 0 Å². The van der Waals surface area contributed by atoms with E-state index < -0.39 is 0 Å². The van der Waals surface area contributed by atoms with E-state index in [4.69, 9.17) is 0 Å². The summed E-state index contributed by atoms with van der Waals surface area (Å²) in [5, 5.41) is 0. The highest BCUT2D eigenvalue weighted by Crippen LogP contribution is 2.77. The van der Waals surface area contributed by atoms with Crippen LogP contribution in [0.25, 0.3) is 0 Å². The van der Waals surface area contributed by atoms with Gasteiger partial charge in [-0.1, -0.05) is 46.4 Å². The van der Waals surface area contributed by atoms with Crippen LogP contribution in [0.15, 0.2) is 24.3 Å². The molecule has 76 valence electrons. The van der Waals surface area contributed by atoms with Crippen molar-refractivity contribution in [1.29, 1.82) is 0 Å². The third-order valence-electron chi connectivity index (χ3n) is 2.90. The lowest BCUT2D eigenvalue weighted by atomic mass is 10.1. The average molecular weight is 260 g/mol. The summed E-state index contributed by atoms with van der Waals surface area (Å²) in [4.78, 5) is 0. The van der Waals surface area contributed by atoms with Crippen LogP contribution in [0.2, 0.25) is 0 Å². The van der Waals surface area contributed by atoms with E-state index in [0.29, 0.717) is 0 Å². The molecule has 4 heteroatoms. The van der Waals surface area contributed by atoms with Gasteiger partial charge in [0.1, 0.15) is 0 Å². The molecule has 0 nitrogen and oxygen atoms in total. The van der Waals surface area contributed by atoms with E-state index in [1.165, 1.54) is 6.42 Å². The Morgan fingerprint density at radius 1 is 1.43 bits per heavy atom. The van der Waals surface area contributed by atoms with Crippen molar-refractivity contribution in [3.63, 3.8) is 0 Å². The zero-order valence-electron chi connectivity index (χ0n) is 8.27. The van der Waals surface area contributed by atoms with Crippen molar-refractivity contribution < 1.29 is 0 Å². The Morgan fingerprint density at radius 2 is 2.14 bits per heavy atom. The van der Waals surface area contributed by atoms with Gasteiger partial charge in [0.25, 0.3) is 0 Å². The highest BCUT2D eigenvalue weighted by Gasteiger charge is 2.32. The van der Waals surface area contributed by atoms with Crippen LogP contribution in [-0.2, 0) is 6.42 Å². The highest BCUT2D eigenvalue weighted by molar-refractivity contribution is 8.61. The van der Waals surface area contributed by atoms with Gasteiger partial charge in [-0.05, 0) is 23.5 Å². The van der Waals surface area contributed by atoms with E-state index >= 15 is 0 Å². The summed E-state index contributed by atoms with van der Waals surface area (Å²) >= 11 is 0. The van der Waals surface area contributed by atoms with Crippen LogP contribution >= 0.6 is 33.1 Å². The molecule has 0 radical (unpaired) electrons. The number of hydrogen-bond donors (Lipinski definition) is 0. The maximum Gasteiger partial charge on any atom is 0.0146 e. The lowest BCUT2D eigenvalue weighted by molar-refractivity contribution is 0.613. The Labute approximate surface area is 93.6 Å². The first-order valence-electron chi connectivity index (χ1n) is 4.82. The van der Waals surface area contributed by atoms with Crippen LogP contribution in [0.3, 0.4) is 0 Å². The first-order chi connectivity index (χ1) is 6.74. The van der Waals surface area contributed by atoms with Crippen molar-refractivity contribution in [1.82, 2.24) is 0 Å². The van der Waals surface area contributed by atoms with Gasteiger partial charge in [-0.3, -0.25) is 0 Å². The Hall–Kier alpha value is 0.940. The molecule has 0 fully saturated rings. The minimum atomic E-state index is 0.102. The lowest BCUT2D eigenvalue weighted by Crippen LogP contribution is -1.97. The van der Waals surface area contributed by atoms with Gasteiger partial charge < -0.3 is 0 Å². The maximum absolute atomic E-state index is 3.08. The van der Waals surface area contributed by atoms with Gasteiger partial charge in [0.05, 0.1) is 0 Å². The van der Waals surface area contributed by atoms with Crippen molar-refractivity contribution in [3.8, 4) is 0 Å². The summed E-state index contributed by atoms with van der Waals surface area (Å²) in [6.45, 7) is 2.40. The molecule has 0 bridgehead atoms. The predicted octanol–water partition coefficient (Wildman–Crippen LogP) is 4.58. The molecule has 1 aromatic carbocycles. The van der Waals surface area contributed by atoms with E-state index in [-0.39, 0.29) is 7.30 Å². The van der Waals surface area contributed by atoms with Crippen LogP contribution < -0.4 is 0 Å². The summed E-state index contributed by atoms with van der Waals surface area (Å²) in [6, 6.07) is 8.98. The maximum atomic E-state index is 3.08. The Balaban J connectivity index is 2.34. The first-order valence-corrected chi connectivity index (χ1v) is 11.5. The minimum Gasteiger partial charge on any atom is -0.110 e. The van der Waals surface area contributed by atoms with Crippen LogP contribution in [0, 0.1) is 5.92 Å². The van der Waals surface area contributed by atoms with Crippen LogP contribution in [-0.4, -0.2) is 0 Å². The highest BCUT2D eigenvalue weighted by atomic mass is 32.6. The molecular weight excluding hydrogens is 244 g/mol. The summed E-state index contributed by atoms with van der Waals surface area (Å²) < 4.78 is 0. The number of hydrogen-bond acceptors (Lipinski definition) is 0. The summed E-state index contributed by atoms with van der Waals surface area (Å²) in [7, 11) is 7.11. The molecule has 0 saturated carbocycles. The fourth-order valence-electron chi connectivity index (χ4n) is 2.28. The molecule has 0 amide bonds. The molecule has 1 aromatic rings. The van der Waals surface area contributed by atoms with Gasteiger partial charge in [-0.2, -0.15) is 0 Å². The molecule has 1 aliphatic carbocycles. The van der Waals surface area contributed by atoms with Gasteiger partial charge in [-0.15, -0.1) is 17.9 Å². The van der Waals surface area contributed by atoms with Crippen LogP contribution in [0.5, 0.6) is 0 Å². The van der Waals surface area contributed by atoms with Gasteiger partial charge in [0.2, 0.25) is 0 Å². The predicted molar refractivity (Wildman–Crippen MR) is 76.7 cm³/mol. The summed E-state index contributed by atoms with van der Waals surface area (Å²) in [5.41, 5.74) is 4.03. The second-order valence-electron chi connectivity index (χ2n) is 3.86. The topological polar surface area (TPSA) is 0 Å². The number of benzene rings is 1. The first kappa shape index (κ1) is 11.4. The molecule has 6 unspecified atom stereocenters. The third kappa shape index (κ3) is 2.06. The van der Waals surface area contributed by atoms with Gasteiger partial charge in [-0.25, -0.2) is 0 Å². The summed E-state index contributed by atoms with van der Waals surface area (Å²) in [5.74, 6) is 0.837. The number of rotatable bonds is 2. The third-order valence-corrected chi connectivity index (χ3v) is 14.0. The van der Waals surface area contributed by atoms with Crippen molar-refractivity contribution in [2.24, 2.45) is 5.92 Å². The lowest BCUT2D eigenvalue weighted by Gasteiger charge is -2.23. The van der Waals surface area contributed by atoms with E-state index in [0.717, 1.165) is 19.5 Å². The Bertz CT molecular complexity index is 322. The molecule has 0 aliphatic heterocycles. The van der Waals surface area contributed by atoms with E-state index in [1.54, 1.807) is 11.1 Å². The molecule has 6 atom stereocenters. The van der Waals surface area contributed by atoms with Gasteiger partial charge in [0, 0.05) is 5.66 Å². The molecule has 1 aliphatic rings. The fraction of sp³-hybridized carbons (Fsp3) is 0.400. The van der Waals surface area contributed by atoms with Gasteiger partial charge in [0.15, 0.2) is 0 Å². The molecule has 0 spiro atoms. The van der Waals surface area contributed by atoms with Crippen molar-refractivity contribution in [2.75, 3.05) is 0 Å². The molecule has 0 saturated heterocycles. The largest absolute Gasteiger partial charge is 0.110 e. The average Bonchev–Trinajstić information content (AvgIpc) is 2.53. The molecule has 0 heterocycles. The second kappa shape index (κ2) is 4.85. The van der Waals surface area contributed by atoms with E-state index in [2.05, 4.69) is 49.0 Å². The number of fused-ring (bicyclic) bond motifs is 1. The summed E-state index contributed by atoms with van der Waals surface area (Å²) in [6.07, 6.45) is 1.28. The van der Waals surface area contributed by atoms with Crippen molar-refractivity contribution in [3.05, 3.63) is 35.4 Å². The standard InChI is InChI=1S/C10H16P4/c1-7-6-8-4-2-3-5-9(8)10(7)14(12)13-11/h2-5,7,10,13H,6,11-12H2,1H3. The Kier molecular flexibility index (Phi) is 3.96. The van der Waals surface area contributed by atoms with E-state index in [1.807, 2.05) is 0 Å². The minimum absolute atomic E-state index is 0.102. The van der Waals surface area contributed by atoms with Crippen LogP contribution in [0.1, 0.15) is 23.7 Å². The molecular formula is C10H16P4. The Morgan fingerprint density at radius 3 is 2.86 bits per heavy atom. The fourth-order valence-corrected chi connectivity index (χ4v) is 8.12. The SMILES string of the molecule is CC1Cc2ccccc2C1P(P)PP.